The van der Waals surface area contributed by atoms with Gasteiger partial charge in [-0.15, -0.1) is 10.2 Å². The van der Waals surface area contributed by atoms with E-state index < -0.39 is 6.09 Å². The quantitative estimate of drug-likeness (QED) is 0.493. The minimum atomic E-state index is -0.466. The van der Waals surface area contributed by atoms with Gasteiger partial charge in [-0.1, -0.05) is 72.0 Å². The number of ether oxygens (including phenoxy) is 1. The predicted octanol–water partition coefficient (Wildman–Crippen LogP) is 3.99. The Morgan fingerprint density at radius 2 is 1.77 bits per heavy atom. The lowest BCUT2D eigenvalue weighted by molar-refractivity contribution is 0.143. The van der Waals surface area contributed by atoms with Gasteiger partial charge < -0.3 is 15.8 Å². The van der Waals surface area contributed by atoms with Crippen molar-refractivity contribution in [1.82, 2.24) is 15.5 Å². The van der Waals surface area contributed by atoms with Crippen LogP contribution in [-0.4, -0.2) is 29.4 Å². The molecule has 3 N–H and O–H groups in total. The molecule has 1 aliphatic rings. The van der Waals surface area contributed by atoms with E-state index in [2.05, 4.69) is 51.6 Å². The van der Waals surface area contributed by atoms with Crippen molar-refractivity contribution >= 4 is 23.5 Å². The molecule has 1 amide bonds. The van der Waals surface area contributed by atoms with Gasteiger partial charge in [0, 0.05) is 18.9 Å². The molecule has 2 aromatic carbocycles. The SMILES string of the molecule is Nc1nnc(Cl)cc1C#CCCNC(=O)OCC1c2ccccc2-c2ccccc21. The molecule has 0 bridgehead atoms. The number of fused-ring (bicyclic) bond motifs is 3. The molecule has 0 fully saturated rings. The van der Waals surface area contributed by atoms with Gasteiger partial charge in [-0.05, 0) is 28.3 Å². The molecular formula is C23H19ClN4O2. The second kappa shape index (κ2) is 8.85. The van der Waals surface area contributed by atoms with E-state index in [0.29, 0.717) is 18.5 Å². The molecule has 0 aliphatic heterocycles. The van der Waals surface area contributed by atoms with Gasteiger partial charge in [-0.3, -0.25) is 0 Å². The Kier molecular flexibility index (Phi) is 5.82. The highest BCUT2D eigenvalue weighted by Gasteiger charge is 2.28. The van der Waals surface area contributed by atoms with Crippen molar-refractivity contribution in [3.8, 4) is 23.0 Å². The van der Waals surface area contributed by atoms with Crippen LogP contribution in [0.3, 0.4) is 0 Å². The van der Waals surface area contributed by atoms with Crippen LogP contribution in [0.5, 0.6) is 0 Å². The van der Waals surface area contributed by atoms with Crippen molar-refractivity contribution in [2.45, 2.75) is 12.3 Å². The third kappa shape index (κ3) is 4.22. The van der Waals surface area contributed by atoms with Crippen LogP contribution >= 0.6 is 11.6 Å². The molecule has 0 saturated carbocycles. The van der Waals surface area contributed by atoms with Crippen LogP contribution in [0.25, 0.3) is 11.1 Å². The fraction of sp³-hybridized carbons (Fsp3) is 0.174. The van der Waals surface area contributed by atoms with Gasteiger partial charge in [0.1, 0.15) is 6.61 Å². The van der Waals surface area contributed by atoms with E-state index >= 15 is 0 Å². The molecule has 1 aliphatic carbocycles. The standard InChI is InChI=1S/C23H19ClN4O2/c24-21-13-15(22(25)28-27-21)7-5-6-12-26-23(29)30-14-20-18-10-3-1-8-16(18)17-9-2-4-11-19(17)20/h1-4,8-11,13,20H,6,12,14H2,(H2,25,28)(H,26,29). The number of amides is 1. The minimum absolute atomic E-state index is 0.0369. The molecular weight excluding hydrogens is 400 g/mol. The normalized spacial score (nSPS) is 11.8. The Morgan fingerprint density at radius 1 is 1.10 bits per heavy atom. The lowest BCUT2D eigenvalue weighted by Gasteiger charge is -2.14. The maximum absolute atomic E-state index is 12.1. The highest BCUT2D eigenvalue weighted by molar-refractivity contribution is 6.29. The van der Waals surface area contributed by atoms with E-state index in [4.69, 9.17) is 22.1 Å². The Balaban J connectivity index is 1.30. The highest BCUT2D eigenvalue weighted by Crippen LogP contribution is 2.44. The van der Waals surface area contributed by atoms with Crippen LogP contribution < -0.4 is 11.1 Å². The summed E-state index contributed by atoms with van der Waals surface area (Å²) >= 11 is 5.78. The lowest BCUT2D eigenvalue weighted by atomic mass is 9.98. The molecule has 4 rings (SSSR count). The van der Waals surface area contributed by atoms with E-state index in [-0.39, 0.29) is 23.5 Å². The topological polar surface area (TPSA) is 90.1 Å². The number of hydrogen-bond donors (Lipinski definition) is 2. The summed E-state index contributed by atoms with van der Waals surface area (Å²) in [6, 6.07) is 18.0. The first kappa shape index (κ1) is 19.7. The van der Waals surface area contributed by atoms with Gasteiger partial charge in [0.2, 0.25) is 0 Å². The van der Waals surface area contributed by atoms with Crippen LogP contribution in [0, 0.1) is 11.8 Å². The smallest absolute Gasteiger partial charge is 0.407 e. The Morgan fingerprint density at radius 3 is 2.47 bits per heavy atom. The van der Waals surface area contributed by atoms with Gasteiger partial charge in [0.15, 0.2) is 11.0 Å². The molecule has 7 heteroatoms. The van der Waals surface area contributed by atoms with Crippen LogP contribution in [0.15, 0.2) is 54.6 Å². The third-order valence-electron chi connectivity index (χ3n) is 4.88. The second-order valence-corrected chi connectivity index (χ2v) is 7.16. The number of carbonyl (C=O) groups excluding carboxylic acids is 1. The van der Waals surface area contributed by atoms with Crippen LogP contribution in [0.2, 0.25) is 5.15 Å². The van der Waals surface area contributed by atoms with E-state index in [0.717, 1.165) is 0 Å². The van der Waals surface area contributed by atoms with Crippen molar-refractivity contribution in [3.05, 3.63) is 76.4 Å². The maximum Gasteiger partial charge on any atom is 0.407 e. The van der Waals surface area contributed by atoms with Crippen molar-refractivity contribution in [2.24, 2.45) is 0 Å². The summed E-state index contributed by atoms with van der Waals surface area (Å²) in [5.41, 5.74) is 11.0. The van der Waals surface area contributed by atoms with Gasteiger partial charge in [0.25, 0.3) is 0 Å². The zero-order valence-corrected chi connectivity index (χ0v) is 16.8. The molecule has 3 aromatic rings. The second-order valence-electron chi connectivity index (χ2n) is 6.77. The number of benzene rings is 2. The summed E-state index contributed by atoms with van der Waals surface area (Å²) < 4.78 is 5.49. The van der Waals surface area contributed by atoms with Crippen LogP contribution in [-0.2, 0) is 4.74 Å². The van der Waals surface area contributed by atoms with Crippen LogP contribution in [0.1, 0.15) is 29.0 Å². The average molecular weight is 419 g/mol. The molecule has 0 unspecified atom stereocenters. The van der Waals surface area contributed by atoms with Crippen molar-refractivity contribution in [1.29, 1.82) is 0 Å². The number of nitrogens with zero attached hydrogens (tertiary/aromatic N) is 2. The first-order chi connectivity index (χ1) is 14.6. The molecule has 30 heavy (non-hydrogen) atoms. The molecule has 0 spiro atoms. The van der Waals surface area contributed by atoms with Crippen molar-refractivity contribution < 1.29 is 9.53 Å². The van der Waals surface area contributed by atoms with E-state index in [1.54, 1.807) is 6.07 Å². The number of aromatic nitrogens is 2. The Labute approximate surface area is 179 Å². The van der Waals surface area contributed by atoms with Gasteiger partial charge in [0.05, 0.1) is 5.56 Å². The Hall–Kier alpha value is -3.56. The summed E-state index contributed by atoms with van der Waals surface area (Å²) in [6.45, 7) is 0.638. The first-order valence-electron chi connectivity index (χ1n) is 9.50. The molecule has 1 aromatic heterocycles. The summed E-state index contributed by atoms with van der Waals surface area (Å²) in [6.07, 6.45) is -0.0318. The summed E-state index contributed by atoms with van der Waals surface area (Å²) in [7, 11) is 0. The first-order valence-corrected chi connectivity index (χ1v) is 9.87. The zero-order chi connectivity index (χ0) is 20.9. The number of nitrogen functional groups attached to an aromatic ring is 1. The number of nitrogens with one attached hydrogen (secondary N) is 1. The fourth-order valence-electron chi connectivity index (χ4n) is 3.51. The number of alkyl carbamates (subject to hydrolysis) is 1. The third-order valence-corrected chi connectivity index (χ3v) is 5.06. The maximum atomic E-state index is 12.1. The van der Waals surface area contributed by atoms with Crippen LogP contribution in [0.4, 0.5) is 10.6 Å². The number of halogens is 1. The number of rotatable bonds is 4. The molecule has 0 saturated heterocycles. The molecule has 0 radical (unpaired) electrons. The molecule has 6 nitrogen and oxygen atoms in total. The summed E-state index contributed by atoms with van der Waals surface area (Å²) in [4.78, 5) is 12.1. The molecule has 0 atom stereocenters. The van der Waals surface area contributed by atoms with E-state index in [9.17, 15) is 4.79 Å². The Bertz CT molecular complexity index is 1110. The highest BCUT2D eigenvalue weighted by atomic mass is 35.5. The largest absolute Gasteiger partial charge is 0.449 e. The van der Waals surface area contributed by atoms with Crippen molar-refractivity contribution in [3.63, 3.8) is 0 Å². The van der Waals surface area contributed by atoms with E-state index in [1.807, 2.05) is 24.3 Å². The number of carbonyl (C=O) groups is 1. The monoisotopic (exact) mass is 418 g/mol. The molecule has 1 heterocycles. The van der Waals surface area contributed by atoms with Crippen molar-refractivity contribution in [2.75, 3.05) is 18.9 Å². The minimum Gasteiger partial charge on any atom is -0.449 e. The number of anilines is 1. The average Bonchev–Trinajstić information content (AvgIpc) is 3.08. The molecule has 150 valence electrons. The lowest BCUT2D eigenvalue weighted by Crippen LogP contribution is -2.26. The van der Waals surface area contributed by atoms with Gasteiger partial charge in [-0.25, -0.2) is 4.79 Å². The van der Waals surface area contributed by atoms with Gasteiger partial charge >= 0.3 is 6.09 Å². The predicted molar refractivity (Wildman–Crippen MR) is 116 cm³/mol. The number of hydrogen-bond acceptors (Lipinski definition) is 5. The fourth-order valence-corrected chi connectivity index (χ4v) is 3.66. The summed E-state index contributed by atoms with van der Waals surface area (Å²) in [5, 5.41) is 10.3. The van der Waals surface area contributed by atoms with Gasteiger partial charge in [-0.2, -0.15) is 0 Å². The summed E-state index contributed by atoms with van der Waals surface area (Å²) in [5.74, 6) is 6.05. The van der Waals surface area contributed by atoms with E-state index in [1.165, 1.54) is 22.3 Å². The number of nitrogens with two attached hydrogens (primary N) is 1. The zero-order valence-electron chi connectivity index (χ0n) is 16.1.